The highest BCUT2D eigenvalue weighted by Gasteiger charge is 2.29. The second-order valence-electron chi connectivity index (χ2n) is 3.45. The molecule has 0 spiro atoms. The Bertz CT molecular complexity index is 296. The van der Waals surface area contributed by atoms with Gasteiger partial charge in [-0.05, 0) is 13.8 Å². The van der Waals surface area contributed by atoms with Crippen molar-refractivity contribution < 1.29 is 22.7 Å². The van der Waals surface area contributed by atoms with Crippen LogP contribution in [0.5, 0.6) is 0 Å². The third-order valence-corrected chi connectivity index (χ3v) is 4.75. The van der Waals surface area contributed by atoms with E-state index in [2.05, 4.69) is 4.74 Å². The highest BCUT2D eigenvalue weighted by Crippen LogP contribution is 2.13. The normalized spacial score (nSPS) is 15.7. The second kappa shape index (κ2) is 6.07. The Hall–Kier alpha value is -0.620. The largest absolute Gasteiger partial charge is 0.469 e. The van der Waals surface area contributed by atoms with Gasteiger partial charge in [0.2, 0.25) is 0 Å². The molecule has 0 saturated carbocycles. The van der Waals surface area contributed by atoms with Crippen molar-refractivity contribution in [2.75, 3.05) is 20.8 Å². The van der Waals surface area contributed by atoms with Crippen molar-refractivity contribution in [1.29, 1.82) is 0 Å². The summed E-state index contributed by atoms with van der Waals surface area (Å²) in [5.74, 6) is -0.518. The average Bonchev–Trinajstić information content (AvgIpc) is 2.17. The molecule has 0 amide bonds. The standard InChI is InChI=1S/C9H18O5S/c1-7(5-9(10)14-4)15(11,12)8(2)6-13-3/h7-8H,5-6H2,1-4H3. The first-order valence-electron chi connectivity index (χ1n) is 4.64. The minimum atomic E-state index is -3.33. The van der Waals surface area contributed by atoms with Crippen LogP contribution < -0.4 is 0 Å². The van der Waals surface area contributed by atoms with Crippen LogP contribution in [0.15, 0.2) is 0 Å². The van der Waals surface area contributed by atoms with Gasteiger partial charge in [0.15, 0.2) is 9.84 Å². The first kappa shape index (κ1) is 14.4. The molecule has 0 saturated heterocycles. The van der Waals surface area contributed by atoms with E-state index < -0.39 is 26.3 Å². The number of ether oxygens (including phenoxy) is 2. The van der Waals surface area contributed by atoms with E-state index in [-0.39, 0.29) is 13.0 Å². The van der Waals surface area contributed by atoms with Gasteiger partial charge in [-0.15, -0.1) is 0 Å². The quantitative estimate of drug-likeness (QED) is 0.626. The fraction of sp³-hybridized carbons (Fsp3) is 0.889. The van der Waals surface area contributed by atoms with Gasteiger partial charge in [-0.1, -0.05) is 0 Å². The number of hydrogen-bond donors (Lipinski definition) is 0. The first-order chi connectivity index (χ1) is 6.86. The maximum Gasteiger partial charge on any atom is 0.306 e. The van der Waals surface area contributed by atoms with Crippen LogP contribution in [0.3, 0.4) is 0 Å². The molecule has 0 bridgehead atoms. The molecule has 0 radical (unpaired) electrons. The van der Waals surface area contributed by atoms with E-state index in [1.54, 1.807) is 6.92 Å². The molecule has 0 fully saturated rings. The summed E-state index contributed by atoms with van der Waals surface area (Å²) < 4.78 is 32.8. The lowest BCUT2D eigenvalue weighted by molar-refractivity contribution is -0.140. The fourth-order valence-electron chi connectivity index (χ4n) is 1.16. The Morgan fingerprint density at radius 1 is 1.20 bits per heavy atom. The second-order valence-corrected chi connectivity index (χ2v) is 6.23. The highest BCUT2D eigenvalue weighted by atomic mass is 32.2. The van der Waals surface area contributed by atoms with Crippen molar-refractivity contribution in [2.24, 2.45) is 0 Å². The maximum absolute atomic E-state index is 11.8. The van der Waals surface area contributed by atoms with Crippen LogP contribution in [0.1, 0.15) is 20.3 Å². The van der Waals surface area contributed by atoms with Crippen LogP contribution in [0.2, 0.25) is 0 Å². The molecule has 5 nitrogen and oxygen atoms in total. The van der Waals surface area contributed by atoms with Gasteiger partial charge < -0.3 is 9.47 Å². The number of carbonyl (C=O) groups is 1. The zero-order valence-corrected chi connectivity index (χ0v) is 10.3. The molecule has 0 aliphatic rings. The summed E-state index contributed by atoms with van der Waals surface area (Å²) in [6, 6.07) is 0. The van der Waals surface area contributed by atoms with Crippen molar-refractivity contribution in [1.82, 2.24) is 0 Å². The summed E-state index contributed by atoms with van der Waals surface area (Å²) in [6.07, 6.45) is -0.118. The van der Waals surface area contributed by atoms with E-state index in [4.69, 9.17) is 4.74 Å². The SMILES string of the molecule is COCC(C)S(=O)(=O)C(C)CC(=O)OC. The summed E-state index contributed by atoms with van der Waals surface area (Å²) in [4.78, 5) is 10.9. The van der Waals surface area contributed by atoms with Crippen LogP contribution in [0, 0.1) is 0 Å². The van der Waals surface area contributed by atoms with Crippen molar-refractivity contribution in [3.63, 3.8) is 0 Å². The van der Waals surface area contributed by atoms with Gasteiger partial charge in [0, 0.05) is 7.11 Å². The minimum absolute atomic E-state index is 0.118. The van der Waals surface area contributed by atoms with Crippen LogP contribution >= 0.6 is 0 Å². The summed E-state index contributed by atoms with van der Waals surface area (Å²) in [7, 11) is -0.654. The molecule has 0 rings (SSSR count). The first-order valence-corrected chi connectivity index (χ1v) is 6.25. The summed E-state index contributed by atoms with van der Waals surface area (Å²) >= 11 is 0. The Kier molecular flexibility index (Phi) is 5.82. The third-order valence-electron chi connectivity index (χ3n) is 2.20. The monoisotopic (exact) mass is 238 g/mol. The van der Waals surface area contributed by atoms with E-state index in [1.165, 1.54) is 21.1 Å². The number of carbonyl (C=O) groups excluding carboxylic acids is 1. The molecular weight excluding hydrogens is 220 g/mol. The molecule has 0 aliphatic carbocycles. The van der Waals surface area contributed by atoms with Gasteiger partial charge in [0.25, 0.3) is 0 Å². The molecule has 0 N–H and O–H groups in total. The third kappa shape index (κ3) is 4.17. The van der Waals surface area contributed by atoms with Crippen molar-refractivity contribution in [3.05, 3.63) is 0 Å². The lowest BCUT2D eigenvalue weighted by Gasteiger charge is -2.17. The Morgan fingerprint density at radius 2 is 1.73 bits per heavy atom. The summed E-state index contributed by atoms with van der Waals surface area (Å²) in [5, 5.41) is -1.35. The van der Waals surface area contributed by atoms with E-state index >= 15 is 0 Å². The molecule has 2 unspecified atom stereocenters. The molecule has 0 aromatic heterocycles. The number of sulfone groups is 1. The van der Waals surface area contributed by atoms with Crippen molar-refractivity contribution >= 4 is 15.8 Å². The molecular formula is C9H18O5S. The Labute approximate surface area is 90.7 Å². The van der Waals surface area contributed by atoms with Crippen LogP contribution in [0.4, 0.5) is 0 Å². The molecule has 0 heterocycles. The zero-order chi connectivity index (χ0) is 12.1. The van der Waals surface area contributed by atoms with Crippen LogP contribution in [-0.2, 0) is 24.1 Å². The number of rotatable bonds is 6. The summed E-state index contributed by atoms with van der Waals surface area (Å²) in [5.41, 5.74) is 0. The van der Waals surface area contributed by atoms with Gasteiger partial charge in [0.05, 0.1) is 30.6 Å². The number of hydrogen-bond acceptors (Lipinski definition) is 5. The van der Waals surface area contributed by atoms with Gasteiger partial charge >= 0.3 is 5.97 Å². The van der Waals surface area contributed by atoms with E-state index in [0.29, 0.717) is 0 Å². The van der Waals surface area contributed by atoms with E-state index in [1.807, 2.05) is 0 Å². The predicted octanol–water partition coefficient (Wildman–Crippen LogP) is 0.388. The van der Waals surface area contributed by atoms with E-state index in [0.717, 1.165) is 0 Å². The molecule has 6 heteroatoms. The smallest absolute Gasteiger partial charge is 0.306 e. The average molecular weight is 238 g/mol. The fourth-order valence-corrected chi connectivity index (χ4v) is 2.65. The molecule has 90 valence electrons. The Balaban J connectivity index is 4.51. The van der Waals surface area contributed by atoms with E-state index in [9.17, 15) is 13.2 Å². The number of esters is 1. The minimum Gasteiger partial charge on any atom is -0.469 e. The van der Waals surface area contributed by atoms with Gasteiger partial charge in [-0.3, -0.25) is 4.79 Å². The predicted molar refractivity (Wildman–Crippen MR) is 56.4 cm³/mol. The van der Waals surface area contributed by atoms with Gasteiger partial charge in [-0.25, -0.2) is 8.42 Å². The van der Waals surface area contributed by atoms with Gasteiger partial charge in [-0.2, -0.15) is 0 Å². The molecule has 2 atom stereocenters. The maximum atomic E-state index is 11.8. The van der Waals surface area contributed by atoms with Crippen LogP contribution in [0.25, 0.3) is 0 Å². The lowest BCUT2D eigenvalue weighted by atomic mass is 10.3. The molecule has 0 aromatic carbocycles. The molecule has 0 aromatic rings. The van der Waals surface area contributed by atoms with Crippen LogP contribution in [-0.4, -0.2) is 45.7 Å². The summed E-state index contributed by atoms with van der Waals surface area (Å²) in [6.45, 7) is 3.19. The highest BCUT2D eigenvalue weighted by molar-refractivity contribution is 7.92. The van der Waals surface area contributed by atoms with Crippen molar-refractivity contribution in [3.8, 4) is 0 Å². The zero-order valence-electron chi connectivity index (χ0n) is 9.52. The topological polar surface area (TPSA) is 69.7 Å². The molecule has 0 aliphatic heterocycles. The van der Waals surface area contributed by atoms with Crippen molar-refractivity contribution in [2.45, 2.75) is 30.8 Å². The van der Waals surface area contributed by atoms with Gasteiger partial charge in [0.1, 0.15) is 0 Å². The molecule has 15 heavy (non-hydrogen) atoms. The lowest BCUT2D eigenvalue weighted by Crippen LogP contribution is -2.32. The Morgan fingerprint density at radius 3 is 2.13 bits per heavy atom. The number of methoxy groups -OCH3 is 2.